The molecule has 1 aromatic rings. The summed E-state index contributed by atoms with van der Waals surface area (Å²) in [5.41, 5.74) is 8.64. The Labute approximate surface area is 126 Å². The fourth-order valence-corrected chi connectivity index (χ4v) is 2.68. The predicted molar refractivity (Wildman–Crippen MR) is 87.5 cm³/mol. The van der Waals surface area contributed by atoms with Crippen LogP contribution < -0.4 is 5.73 Å². The fourth-order valence-electron chi connectivity index (χ4n) is 2.27. The topological polar surface area (TPSA) is 29.3 Å². The summed E-state index contributed by atoms with van der Waals surface area (Å²) in [4.78, 5) is 2.40. The van der Waals surface area contributed by atoms with Gasteiger partial charge in [0.2, 0.25) is 0 Å². The van der Waals surface area contributed by atoms with Crippen LogP contribution in [0.15, 0.2) is 22.7 Å². The number of nitrogens with zero attached hydrogens (tertiary/aromatic N) is 1. The molecule has 1 atom stereocenters. The molecule has 0 aromatic heterocycles. The van der Waals surface area contributed by atoms with Crippen LogP contribution in [0.25, 0.3) is 0 Å². The summed E-state index contributed by atoms with van der Waals surface area (Å²) >= 11 is 3.54. The number of hydrogen-bond acceptors (Lipinski definition) is 2. The molecule has 0 aliphatic heterocycles. The van der Waals surface area contributed by atoms with Gasteiger partial charge in [0, 0.05) is 17.6 Å². The van der Waals surface area contributed by atoms with Crippen molar-refractivity contribution in [2.24, 2.45) is 17.6 Å². The van der Waals surface area contributed by atoms with E-state index in [1.165, 1.54) is 11.1 Å². The molecule has 1 aromatic carbocycles. The molecule has 0 radical (unpaired) electrons. The van der Waals surface area contributed by atoms with Crippen molar-refractivity contribution < 1.29 is 0 Å². The highest BCUT2D eigenvalue weighted by Crippen LogP contribution is 2.17. The lowest BCUT2D eigenvalue weighted by molar-refractivity contribution is 0.242. The predicted octanol–water partition coefficient (Wildman–Crippen LogP) is 3.46. The number of rotatable bonds is 7. The van der Waals surface area contributed by atoms with E-state index in [9.17, 15) is 0 Å². The van der Waals surface area contributed by atoms with Crippen molar-refractivity contribution in [3.8, 4) is 0 Å². The van der Waals surface area contributed by atoms with E-state index in [-0.39, 0.29) is 0 Å². The Balaban J connectivity index is 2.49. The van der Waals surface area contributed by atoms with Gasteiger partial charge in [0.25, 0.3) is 0 Å². The summed E-state index contributed by atoms with van der Waals surface area (Å²) in [6.45, 7) is 9.63. The number of likely N-dealkylation sites (N-methyl/N-ethyl adjacent to an activating group) is 1. The summed E-state index contributed by atoms with van der Waals surface area (Å²) in [6, 6.07) is 6.51. The van der Waals surface area contributed by atoms with Gasteiger partial charge in [-0.05, 0) is 62.0 Å². The molecular weight excluding hydrogens is 300 g/mol. The van der Waals surface area contributed by atoms with Crippen LogP contribution in [0.3, 0.4) is 0 Å². The van der Waals surface area contributed by atoms with E-state index >= 15 is 0 Å². The van der Waals surface area contributed by atoms with E-state index in [2.05, 4.69) is 66.8 Å². The van der Waals surface area contributed by atoms with Gasteiger partial charge in [0.1, 0.15) is 0 Å². The third-order valence-electron chi connectivity index (χ3n) is 3.87. The Morgan fingerprint density at radius 2 is 2.00 bits per heavy atom. The first kappa shape index (κ1) is 16.7. The van der Waals surface area contributed by atoms with Gasteiger partial charge < -0.3 is 10.6 Å². The monoisotopic (exact) mass is 326 g/mol. The molecule has 0 saturated carbocycles. The molecule has 0 bridgehead atoms. The van der Waals surface area contributed by atoms with E-state index in [1.54, 1.807) is 0 Å². The van der Waals surface area contributed by atoms with E-state index in [1.807, 2.05) is 0 Å². The van der Waals surface area contributed by atoms with Crippen molar-refractivity contribution >= 4 is 15.9 Å². The van der Waals surface area contributed by atoms with Crippen LogP contribution >= 0.6 is 15.9 Å². The summed E-state index contributed by atoms with van der Waals surface area (Å²) in [5, 5.41) is 0. The molecule has 1 rings (SSSR count). The minimum Gasteiger partial charge on any atom is -0.330 e. The lowest BCUT2D eigenvalue weighted by Crippen LogP contribution is -2.34. The van der Waals surface area contributed by atoms with Gasteiger partial charge in [-0.2, -0.15) is 0 Å². The van der Waals surface area contributed by atoms with Gasteiger partial charge in [0.05, 0.1) is 0 Å². The molecule has 0 saturated heterocycles. The van der Waals surface area contributed by atoms with Gasteiger partial charge in [-0.25, -0.2) is 0 Å². The van der Waals surface area contributed by atoms with E-state index in [0.717, 1.165) is 30.5 Å². The fraction of sp³-hybridized carbons (Fsp3) is 0.625. The van der Waals surface area contributed by atoms with Crippen LogP contribution in [0.5, 0.6) is 0 Å². The Morgan fingerprint density at radius 1 is 1.32 bits per heavy atom. The average molecular weight is 327 g/mol. The molecule has 0 amide bonds. The molecule has 0 aliphatic carbocycles. The standard InChI is InChI=1S/C16H27BrN2/c1-12(2)15(10-18)11-19(4)8-7-14-9-16(17)6-5-13(14)3/h5-6,9,12,15H,7-8,10-11,18H2,1-4H3. The molecule has 0 spiro atoms. The number of halogens is 1. The second kappa shape index (κ2) is 8.03. The van der Waals surface area contributed by atoms with Gasteiger partial charge in [-0.15, -0.1) is 0 Å². The van der Waals surface area contributed by atoms with Crippen LogP contribution in [0.4, 0.5) is 0 Å². The number of benzene rings is 1. The number of nitrogens with two attached hydrogens (primary N) is 1. The molecule has 2 nitrogen and oxygen atoms in total. The SMILES string of the molecule is Cc1ccc(Br)cc1CCN(C)CC(CN)C(C)C. The van der Waals surface area contributed by atoms with Crippen molar-refractivity contribution in [1.29, 1.82) is 0 Å². The van der Waals surface area contributed by atoms with Crippen LogP contribution in [0.1, 0.15) is 25.0 Å². The van der Waals surface area contributed by atoms with Gasteiger partial charge in [-0.1, -0.05) is 35.8 Å². The minimum absolute atomic E-state index is 0.591. The average Bonchev–Trinajstić information content (AvgIpc) is 2.36. The van der Waals surface area contributed by atoms with Crippen molar-refractivity contribution in [2.45, 2.75) is 27.2 Å². The van der Waals surface area contributed by atoms with Crippen molar-refractivity contribution in [2.75, 3.05) is 26.7 Å². The van der Waals surface area contributed by atoms with Gasteiger partial charge in [0.15, 0.2) is 0 Å². The largest absolute Gasteiger partial charge is 0.330 e. The van der Waals surface area contributed by atoms with E-state index in [0.29, 0.717) is 11.8 Å². The maximum absolute atomic E-state index is 5.84. The number of hydrogen-bond donors (Lipinski definition) is 1. The van der Waals surface area contributed by atoms with Crippen molar-refractivity contribution in [3.63, 3.8) is 0 Å². The van der Waals surface area contributed by atoms with Crippen LogP contribution in [0, 0.1) is 18.8 Å². The molecule has 0 fully saturated rings. The zero-order chi connectivity index (χ0) is 14.4. The molecule has 0 heterocycles. The van der Waals surface area contributed by atoms with Crippen LogP contribution in [-0.2, 0) is 6.42 Å². The second-order valence-electron chi connectivity index (χ2n) is 5.82. The Bertz CT molecular complexity index is 390. The first-order valence-corrected chi connectivity index (χ1v) is 7.87. The summed E-state index contributed by atoms with van der Waals surface area (Å²) in [6.07, 6.45) is 1.09. The Kier molecular flexibility index (Phi) is 7.05. The maximum atomic E-state index is 5.84. The van der Waals surface area contributed by atoms with Gasteiger partial charge in [-0.3, -0.25) is 0 Å². The third kappa shape index (κ3) is 5.64. The van der Waals surface area contributed by atoms with E-state index < -0.39 is 0 Å². The lowest BCUT2D eigenvalue weighted by Gasteiger charge is -2.26. The first-order valence-electron chi connectivity index (χ1n) is 7.07. The Morgan fingerprint density at radius 3 is 2.58 bits per heavy atom. The molecule has 108 valence electrons. The Hall–Kier alpha value is -0.380. The lowest BCUT2D eigenvalue weighted by atomic mass is 9.95. The molecular formula is C16H27BrN2. The zero-order valence-corrected chi connectivity index (χ0v) is 14.2. The molecule has 0 aliphatic rings. The van der Waals surface area contributed by atoms with E-state index in [4.69, 9.17) is 5.73 Å². The molecule has 2 N–H and O–H groups in total. The summed E-state index contributed by atoms with van der Waals surface area (Å²) < 4.78 is 1.16. The third-order valence-corrected chi connectivity index (χ3v) is 4.36. The first-order chi connectivity index (χ1) is 8.93. The summed E-state index contributed by atoms with van der Waals surface area (Å²) in [7, 11) is 2.19. The second-order valence-corrected chi connectivity index (χ2v) is 6.74. The molecule has 1 unspecified atom stereocenters. The minimum atomic E-state index is 0.591. The van der Waals surface area contributed by atoms with Crippen LogP contribution in [0.2, 0.25) is 0 Å². The van der Waals surface area contributed by atoms with Crippen LogP contribution in [-0.4, -0.2) is 31.6 Å². The highest BCUT2D eigenvalue weighted by Gasteiger charge is 2.14. The molecule has 3 heteroatoms. The van der Waals surface area contributed by atoms with Crippen molar-refractivity contribution in [3.05, 3.63) is 33.8 Å². The summed E-state index contributed by atoms with van der Waals surface area (Å²) in [5.74, 6) is 1.24. The smallest absolute Gasteiger partial charge is 0.0178 e. The van der Waals surface area contributed by atoms with Gasteiger partial charge >= 0.3 is 0 Å². The highest BCUT2D eigenvalue weighted by atomic mass is 79.9. The zero-order valence-electron chi connectivity index (χ0n) is 12.6. The normalized spacial score (nSPS) is 13.3. The highest BCUT2D eigenvalue weighted by molar-refractivity contribution is 9.10. The van der Waals surface area contributed by atoms with Crippen molar-refractivity contribution in [1.82, 2.24) is 4.90 Å². The quantitative estimate of drug-likeness (QED) is 0.831. The molecule has 19 heavy (non-hydrogen) atoms. The maximum Gasteiger partial charge on any atom is 0.0178 e. The number of aryl methyl sites for hydroxylation is 1.